The van der Waals surface area contributed by atoms with Crippen molar-refractivity contribution in [1.82, 2.24) is 15.3 Å². The molecule has 0 saturated carbocycles. The van der Waals surface area contributed by atoms with Gasteiger partial charge in [0.1, 0.15) is 23.7 Å². The van der Waals surface area contributed by atoms with E-state index < -0.39 is 17.2 Å². The van der Waals surface area contributed by atoms with E-state index in [4.69, 9.17) is 4.74 Å². The van der Waals surface area contributed by atoms with E-state index in [9.17, 15) is 15.0 Å². The standard InChI is InChI=1S/C29H29FN4O4/c1-29(2,27(36)37)15-38-28-32-25-22(26(33-28)34-13-17-7-8-18(14-34)31-17)10-9-21(24(25)30)23-12-19(35)11-16-5-3-4-6-20(16)23/h3-6,9-12,17-18,31,35H,7-8,13-15H2,1-2H3,(H,36,37). The number of nitrogens with zero attached hydrogens (tertiary/aromatic N) is 3. The van der Waals surface area contributed by atoms with Crippen LogP contribution < -0.4 is 15.0 Å². The van der Waals surface area contributed by atoms with E-state index in [2.05, 4.69) is 20.2 Å². The Morgan fingerprint density at radius 3 is 2.55 bits per heavy atom. The molecule has 196 valence electrons. The summed E-state index contributed by atoms with van der Waals surface area (Å²) in [6, 6.07) is 14.8. The summed E-state index contributed by atoms with van der Waals surface area (Å²) in [7, 11) is 0. The minimum Gasteiger partial charge on any atom is -0.508 e. The molecule has 9 heteroatoms. The van der Waals surface area contributed by atoms with Gasteiger partial charge in [-0.25, -0.2) is 4.39 Å². The summed E-state index contributed by atoms with van der Waals surface area (Å²) in [5, 5.41) is 25.6. The number of piperazine rings is 1. The Bertz CT molecular complexity index is 1560. The number of hydrogen-bond acceptors (Lipinski definition) is 7. The zero-order valence-electron chi connectivity index (χ0n) is 21.2. The van der Waals surface area contributed by atoms with Gasteiger partial charge in [0.05, 0.1) is 5.41 Å². The van der Waals surface area contributed by atoms with Crippen molar-refractivity contribution >= 4 is 33.5 Å². The van der Waals surface area contributed by atoms with Crippen LogP contribution in [0.2, 0.25) is 0 Å². The van der Waals surface area contributed by atoms with Gasteiger partial charge in [0.25, 0.3) is 0 Å². The first-order valence-electron chi connectivity index (χ1n) is 12.8. The van der Waals surface area contributed by atoms with E-state index in [0.717, 1.165) is 36.7 Å². The van der Waals surface area contributed by atoms with Gasteiger partial charge in [-0.05, 0) is 61.2 Å². The third-order valence-corrected chi connectivity index (χ3v) is 7.56. The minimum atomic E-state index is -1.17. The maximum atomic E-state index is 16.4. The Hall–Kier alpha value is -3.98. The van der Waals surface area contributed by atoms with E-state index in [1.165, 1.54) is 0 Å². The molecular formula is C29H29FN4O4. The molecule has 0 spiro atoms. The van der Waals surface area contributed by atoms with Gasteiger partial charge in [-0.1, -0.05) is 30.3 Å². The lowest BCUT2D eigenvalue weighted by molar-refractivity contribution is -0.148. The second-order valence-electron chi connectivity index (χ2n) is 10.9. The molecular weight excluding hydrogens is 487 g/mol. The fourth-order valence-corrected chi connectivity index (χ4v) is 5.43. The van der Waals surface area contributed by atoms with Crippen LogP contribution in [-0.2, 0) is 4.79 Å². The number of anilines is 1. The van der Waals surface area contributed by atoms with Crippen LogP contribution in [0.1, 0.15) is 26.7 Å². The fourth-order valence-electron chi connectivity index (χ4n) is 5.43. The number of phenols is 1. The lowest BCUT2D eigenvalue weighted by atomic mass is 9.95. The first kappa shape index (κ1) is 24.4. The average molecular weight is 517 g/mol. The highest BCUT2D eigenvalue weighted by Gasteiger charge is 2.34. The minimum absolute atomic E-state index is 0.0396. The van der Waals surface area contributed by atoms with Crippen molar-refractivity contribution in [3.05, 3.63) is 54.3 Å². The van der Waals surface area contributed by atoms with Gasteiger partial charge in [-0.3, -0.25) is 4.79 Å². The van der Waals surface area contributed by atoms with Crippen LogP contribution >= 0.6 is 0 Å². The quantitative estimate of drug-likeness (QED) is 0.338. The molecule has 8 nitrogen and oxygen atoms in total. The number of fused-ring (bicyclic) bond motifs is 4. The van der Waals surface area contributed by atoms with E-state index in [0.29, 0.717) is 34.4 Å². The van der Waals surface area contributed by atoms with Gasteiger partial charge in [-0.15, -0.1) is 0 Å². The summed E-state index contributed by atoms with van der Waals surface area (Å²) in [5.41, 5.74) is -0.233. The molecule has 2 saturated heterocycles. The van der Waals surface area contributed by atoms with Crippen LogP contribution in [0.5, 0.6) is 11.8 Å². The van der Waals surface area contributed by atoms with Crippen LogP contribution in [0, 0.1) is 11.2 Å². The second kappa shape index (κ2) is 9.09. The molecule has 3 aromatic carbocycles. The SMILES string of the molecule is CC(C)(COc1nc(N2CC3CCC(C2)N3)c2ccc(-c3cc(O)cc4ccccc34)c(F)c2n1)C(=O)O. The number of carboxylic acids is 1. The molecule has 0 radical (unpaired) electrons. The zero-order chi connectivity index (χ0) is 26.6. The van der Waals surface area contributed by atoms with Gasteiger partial charge < -0.3 is 25.2 Å². The molecule has 0 aliphatic carbocycles. The molecule has 2 fully saturated rings. The zero-order valence-corrected chi connectivity index (χ0v) is 21.2. The van der Waals surface area contributed by atoms with Gasteiger partial charge in [0.2, 0.25) is 0 Å². The van der Waals surface area contributed by atoms with Gasteiger partial charge >= 0.3 is 12.0 Å². The molecule has 4 aromatic rings. The van der Waals surface area contributed by atoms with E-state index >= 15 is 4.39 Å². The molecule has 3 N–H and O–H groups in total. The first-order chi connectivity index (χ1) is 18.2. The topological polar surface area (TPSA) is 108 Å². The molecule has 2 aliphatic rings. The number of rotatable bonds is 6. The van der Waals surface area contributed by atoms with Crippen LogP contribution in [0.3, 0.4) is 0 Å². The lowest BCUT2D eigenvalue weighted by Crippen LogP contribution is -2.51. The van der Waals surface area contributed by atoms with E-state index in [-0.39, 0.29) is 23.9 Å². The molecule has 38 heavy (non-hydrogen) atoms. The first-order valence-corrected chi connectivity index (χ1v) is 12.8. The Labute approximate surface area is 219 Å². The maximum Gasteiger partial charge on any atom is 0.319 e. The predicted octanol–water partition coefficient (Wildman–Crippen LogP) is 4.72. The summed E-state index contributed by atoms with van der Waals surface area (Å²) < 4.78 is 22.1. The Morgan fingerprint density at radius 1 is 1.08 bits per heavy atom. The third kappa shape index (κ3) is 4.26. The molecule has 3 heterocycles. The van der Waals surface area contributed by atoms with E-state index in [1.54, 1.807) is 32.0 Å². The fraction of sp³-hybridized carbons (Fsp3) is 0.345. The number of aromatic hydroxyl groups is 1. The molecule has 1 aromatic heterocycles. The van der Waals surface area contributed by atoms with Crippen LogP contribution in [-0.4, -0.2) is 57.9 Å². The summed E-state index contributed by atoms with van der Waals surface area (Å²) in [5.74, 6) is -0.954. The van der Waals surface area contributed by atoms with Gasteiger partial charge in [0, 0.05) is 36.1 Å². The molecule has 2 atom stereocenters. The van der Waals surface area contributed by atoms with Crippen molar-refractivity contribution in [3.63, 3.8) is 0 Å². The second-order valence-corrected chi connectivity index (χ2v) is 10.9. The van der Waals surface area contributed by atoms with Crippen molar-refractivity contribution < 1.29 is 24.1 Å². The van der Waals surface area contributed by atoms with Crippen molar-refractivity contribution in [3.8, 4) is 22.9 Å². The number of carboxylic acid groups (broad SMARTS) is 1. The third-order valence-electron chi connectivity index (χ3n) is 7.56. The monoisotopic (exact) mass is 516 g/mol. The van der Waals surface area contributed by atoms with E-state index in [1.807, 2.05) is 30.3 Å². The van der Waals surface area contributed by atoms with Gasteiger partial charge in [0.15, 0.2) is 5.82 Å². The number of ether oxygens (including phenoxy) is 1. The largest absolute Gasteiger partial charge is 0.508 e. The molecule has 2 bridgehead atoms. The lowest BCUT2D eigenvalue weighted by Gasteiger charge is -2.34. The number of hydrogen-bond donors (Lipinski definition) is 3. The van der Waals surface area contributed by atoms with Crippen molar-refractivity contribution in [1.29, 1.82) is 0 Å². The number of phenolic OH excluding ortho intramolecular Hbond substituents is 1. The Morgan fingerprint density at radius 2 is 1.82 bits per heavy atom. The Kier molecular flexibility index (Phi) is 5.83. The van der Waals surface area contributed by atoms with Crippen molar-refractivity contribution in [2.24, 2.45) is 5.41 Å². The summed E-state index contributed by atoms with van der Waals surface area (Å²) in [6.45, 7) is 4.39. The number of carbonyl (C=O) groups is 1. The average Bonchev–Trinajstić information content (AvgIpc) is 3.24. The molecule has 0 amide bonds. The van der Waals surface area contributed by atoms with Gasteiger partial charge in [-0.2, -0.15) is 9.97 Å². The number of benzene rings is 3. The number of halogens is 1. The van der Waals surface area contributed by atoms with Crippen LogP contribution in [0.25, 0.3) is 32.8 Å². The van der Waals surface area contributed by atoms with Crippen molar-refractivity contribution in [2.45, 2.75) is 38.8 Å². The number of aliphatic carboxylic acids is 1. The summed E-state index contributed by atoms with van der Waals surface area (Å²) >= 11 is 0. The predicted molar refractivity (Wildman–Crippen MR) is 143 cm³/mol. The summed E-state index contributed by atoms with van der Waals surface area (Å²) in [4.78, 5) is 22.8. The number of aromatic nitrogens is 2. The van der Waals surface area contributed by atoms with Crippen LogP contribution in [0.4, 0.5) is 10.2 Å². The normalized spacial score (nSPS) is 19.3. The highest BCUT2D eigenvalue weighted by molar-refractivity contribution is 6.01. The number of nitrogens with one attached hydrogen (secondary N) is 1. The molecule has 2 aliphatic heterocycles. The molecule has 2 unspecified atom stereocenters. The maximum absolute atomic E-state index is 16.4. The van der Waals surface area contributed by atoms with Crippen LogP contribution in [0.15, 0.2) is 48.5 Å². The highest BCUT2D eigenvalue weighted by Crippen LogP contribution is 2.39. The Balaban J connectivity index is 1.51. The smallest absolute Gasteiger partial charge is 0.319 e. The highest BCUT2D eigenvalue weighted by atomic mass is 19.1. The van der Waals surface area contributed by atoms with Crippen molar-refractivity contribution in [2.75, 3.05) is 24.6 Å². The molecule has 6 rings (SSSR count). The summed E-state index contributed by atoms with van der Waals surface area (Å²) in [6.07, 6.45) is 2.15.